The first-order valence-corrected chi connectivity index (χ1v) is 8.82. The highest BCUT2D eigenvalue weighted by Gasteiger charge is 1.98. The van der Waals surface area contributed by atoms with Crippen LogP contribution in [0.3, 0.4) is 0 Å². The number of hydrogen-bond donors (Lipinski definition) is 1. The van der Waals surface area contributed by atoms with E-state index in [4.69, 9.17) is 9.84 Å². The molecular formula is C22H30O3. The van der Waals surface area contributed by atoms with Crippen molar-refractivity contribution in [1.29, 1.82) is 0 Å². The molecule has 3 heteroatoms. The topological polar surface area (TPSA) is 46.5 Å². The van der Waals surface area contributed by atoms with Crippen molar-refractivity contribution >= 4 is 5.97 Å². The van der Waals surface area contributed by atoms with Gasteiger partial charge in [-0.3, -0.25) is 0 Å². The molecule has 0 atom stereocenters. The van der Waals surface area contributed by atoms with Gasteiger partial charge in [-0.1, -0.05) is 59.7 Å². The molecule has 0 unspecified atom stereocenters. The highest BCUT2D eigenvalue weighted by Crippen LogP contribution is 2.11. The smallest absolute Gasteiger partial charge is 0.330 e. The lowest BCUT2D eigenvalue weighted by molar-refractivity contribution is -0.132. The number of carbonyl (C=O) groups is 1. The van der Waals surface area contributed by atoms with Gasteiger partial charge < -0.3 is 9.84 Å². The van der Waals surface area contributed by atoms with Crippen LogP contribution in [-0.4, -0.2) is 17.7 Å². The zero-order valence-electron chi connectivity index (χ0n) is 15.6. The Bertz CT molecular complexity index is 609. The maximum absolute atomic E-state index is 10.7. The van der Waals surface area contributed by atoms with Crippen LogP contribution in [0, 0.1) is 0 Å². The van der Waals surface area contributed by atoms with Gasteiger partial charge in [-0.25, -0.2) is 4.79 Å². The van der Waals surface area contributed by atoms with Crippen LogP contribution in [-0.2, 0) is 16.1 Å². The third-order valence-corrected chi connectivity index (χ3v) is 4.02. The lowest BCUT2D eigenvalue weighted by Crippen LogP contribution is -1.95. The standard InChI is InChI=1S/C22H30O3/c1-18(11-8-12-20(3)22(23)24)9-7-10-19(2)15-16-25-17-21-13-5-4-6-14-21/h4-6,9,12-15H,7-8,10-11,16-17H2,1-3H3,(H,23,24)/b18-9+,19-15+,20-12+. The van der Waals surface area contributed by atoms with Gasteiger partial charge in [0.15, 0.2) is 0 Å². The van der Waals surface area contributed by atoms with Crippen LogP contribution >= 0.6 is 0 Å². The molecule has 0 radical (unpaired) electrons. The number of benzene rings is 1. The van der Waals surface area contributed by atoms with Crippen molar-refractivity contribution < 1.29 is 14.6 Å². The number of ether oxygens (including phenoxy) is 1. The van der Waals surface area contributed by atoms with Crippen molar-refractivity contribution in [2.45, 2.75) is 53.1 Å². The fraction of sp³-hybridized carbons (Fsp3) is 0.409. The maximum atomic E-state index is 10.7. The zero-order chi connectivity index (χ0) is 18.5. The molecule has 0 aliphatic carbocycles. The summed E-state index contributed by atoms with van der Waals surface area (Å²) < 4.78 is 5.67. The second-order valence-corrected chi connectivity index (χ2v) is 6.37. The number of carboxylic acid groups (broad SMARTS) is 1. The number of rotatable bonds is 11. The quantitative estimate of drug-likeness (QED) is 0.319. The number of hydrogen-bond acceptors (Lipinski definition) is 2. The molecule has 0 aliphatic heterocycles. The van der Waals surface area contributed by atoms with Gasteiger partial charge in [0, 0.05) is 5.57 Å². The summed E-state index contributed by atoms with van der Waals surface area (Å²) in [5.41, 5.74) is 4.25. The molecule has 0 bridgehead atoms. The molecule has 1 aromatic rings. The summed E-state index contributed by atoms with van der Waals surface area (Å²) in [6, 6.07) is 10.2. The summed E-state index contributed by atoms with van der Waals surface area (Å²) in [4.78, 5) is 10.7. The molecule has 0 aliphatic rings. The lowest BCUT2D eigenvalue weighted by atomic mass is 10.1. The van der Waals surface area contributed by atoms with Crippen LogP contribution in [0.2, 0.25) is 0 Å². The third kappa shape index (κ3) is 10.4. The van der Waals surface area contributed by atoms with Crippen molar-refractivity contribution in [3.63, 3.8) is 0 Å². The molecule has 0 heterocycles. The van der Waals surface area contributed by atoms with Gasteiger partial charge in [0.05, 0.1) is 13.2 Å². The van der Waals surface area contributed by atoms with Gasteiger partial charge in [0.25, 0.3) is 0 Å². The Hall–Kier alpha value is -2.13. The molecule has 25 heavy (non-hydrogen) atoms. The Morgan fingerprint density at radius 2 is 1.56 bits per heavy atom. The van der Waals surface area contributed by atoms with E-state index in [0.717, 1.165) is 25.7 Å². The molecule has 1 aromatic carbocycles. The monoisotopic (exact) mass is 342 g/mol. The summed E-state index contributed by atoms with van der Waals surface area (Å²) in [6.45, 7) is 7.16. The van der Waals surface area contributed by atoms with Gasteiger partial charge in [0.2, 0.25) is 0 Å². The van der Waals surface area contributed by atoms with Crippen LogP contribution in [0.1, 0.15) is 52.0 Å². The number of allylic oxidation sites excluding steroid dienone is 4. The lowest BCUT2D eigenvalue weighted by Gasteiger charge is -2.03. The van der Waals surface area contributed by atoms with Crippen LogP contribution < -0.4 is 0 Å². The van der Waals surface area contributed by atoms with Gasteiger partial charge in [-0.2, -0.15) is 0 Å². The van der Waals surface area contributed by atoms with E-state index in [1.54, 1.807) is 13.0 Å². The Kier molecular flexibility index (Phi) is 10.3. The van der Waals surface area contributed by atoms with E-state index >= 15 is 0 Å². The minimum absolute atomic E-state index is 0.419. The first kappa shape index (κ1) is 20.9. The Labute approximate surface area is 151 Å². The van der Waals surface area contributed by atoms with Gasteiger partial charge >= 0.3 is 5.97 Å². The number of aliphatic carboxylic acids is 1. The van der Waals surface area contributed by atoms with Crippen LogP contribution in [0.5, 0.6) is 0 Å². The summed E-state index contributed by atoms with van der Waals surface area (Å²) in [7, 11) is 0. The van der Waals surface area contributed by atoms with Crippen molar-refractivity contribution in [2.75, 3.05) is 6.61 Å². The summed E-state index contributed by atoms with van der Waals surface area (Å²) in [5, 5.41) is 8.80. The SMILES string of the molecule is C/C(=C\CC/C(C)=C/COCc1ccccc1)CC/C=C(\C)C(=O)O. The van der Waals surface area contributed by atoms with Crippen LogP contribution in [0.15, 0.2) is 65.3 Å². The average molecular weight is 342 g/mol. The normalized spacial score (nSPS) is 13.2. The van der Waals surface area contributed by atoms with Gasteiger partial charge in [0.1, 0.15) is 0 Å². The molecule has 0 spiro atoms. The minimum Gasteiger partial charge on any atom is -0.478 e. The number of carboxylic acids is 1. The third-order valence-electron chi connectivity index (χ3n) is 4.02. The predicted octanol–water partition coefficient (Wildman–Crippen LogP) is 5.69. The highest BCUT2D eigenvalue weighted by atomic mass is 16.5. The van der Waals surface area contributed by atoms with E-state index in [1.165, 1.54) is 16.7 Å². The fourth-order valence-corrected chi connectivity index (χ4v) is 2.31. The largest absolute Gasteiger partial charge is 0.478 e. The minimum atomic E-state index is -0.836. The highest BCUT2D eigenvalue weighted by molar-refractivity contribution is 5.85. The van der Waals surface area contributed by atoms with Gasteiger partial charge in [-0.05, 0) is 52.0 Å². The molecule has 0 amide bonds. The summed E-state index contributed by atoms with van der Waals surface area (Å²) in [5.74, 6) is -0.836. The fourth-order valence-electron chi connectivity index (χ4n) is 2.31. The molecule has 136 valence electrons. The van der Waals surface area contributed by atoms with Gasteiger partial charge in [-0.15, -0.1) is 0 Å². The summed E-state index contributed by atoms with van der Waals surface area (Å²) in [6.07, 6.45) is 9.90. The van der Waals surface area contributed by atoms with E-state index in [9.17, 15) is 4.79 Å². The van der Waals surface area contributed by atoms with E-state index < -0.39 is 5.97 Å². The second kappa shape index (κ2) is 12.3. The molecular weight excluding hydrogens is 312 g/mol. The van der Waals surface area contributed by atoms with Crippen molar-refractivity contribution in [3.05, 3.63) is 70.8 Å². The van der Waals surface area contributed by atoms with E-state index in [-0.39, 0.29) is 0 Å². The summed E-state index contributed by atoms with van der Waals surface area (Å²) >= 11 is 0. The molecule has 1 N–H and O–H groups in total. The second-order valence-electron chi connectivity index (χ2n) is 6.37. The first-order valence-electron chi connectivity index (χ1n) is 8.82. The molecule has 0 aromatic heterocycles. The molecule has 3 nitrogen and oxygen atoms in total. The van der Waals surface area contributed by atoms with E-state index in [1.807, 2.05) is 18.2 Å². The molecule has 0 saturated heterocycles. The van der Waals surface area contributed by atoms with Crippen LogP contribution in [0.25, 0.3) is 0 Å². The van der Waals surface area contributed by atoms with Crippen molar-refractivity contribution in [3.8, 4) is 0 Å². The predicted molar refractivity (Wildman–Crippen MR) is 103 cm³/mol. The van der Waals surface area contributed by atoms with Crippen molar-refractivity contribution in [2.24, 2.45) is 0 Å². The van der Waals surface area contributed by atoms with Crippen LogP contribution in [0.4, 0.5) is 0 Å². The van der Waals surface area contributed by atoms with E-state index in [0.29, 0.717) is 18.8 Å². The molecule has 1 rings (SSSR count). The average Bonchev–Trinajstić information content (AvgIpc) is 2.59. The van der Waals surface area contributed by atoms with Crippen molar-refractivity contribution in [1.82, 2.24) is 0 Å². The van der Waals surface area contributed by atoms with E-state index in [2.05, 4.69) is 38.1 Å². The Morgan fingerprint density at radius 3 is 2.20 bits per heavy atom. The first-order chi connectivity index (χ1) is 12.0. The molecule has 0 fully saturated rings. The Balaban J connectivity index is 2.20. The zero-order valence-corrected chi connectivity index (χ0v) is 15.6. The Morgan fingerprint density at radius 1 is 0.960 bits per heavy atom. The maximum Gasteiger partial charge on any atom is 0.330 e. The molecule has 0 saturated carbocycles.